The molecule has 2 aromatic carbocycles. The number of fused-ring (bicyclic) bond motifs is 1. The maximum Gasteiger partial charge on any atom is 0.262 e. The van der Waals surface area contributed by atoms with Crippen LogP contribution in [-0.4, -0.2) is 89.9 Å². The molecule has 0 aromatic heterocycles. The minimum Gasteiger partial charge on any atom is -0.494 e. The van der Waals surface area contributed by atoms with Gasteiger partial charge in [-0.25, -0.2) is 0 Å². The van der Waals surface area contributed by atoms with Gasteiger partial charge in [-0.05, 0) is 137 Å². The fourth-order valence-corrected chi connectivity index (χ4v) is 11.0. The van der Waals surface area contributed by atoms with Gasteiger partial charge in [-0.15, -0.1) is 0 Å². The number of amides is 2. The molecule has 314 valence electrons. The van der Waals surface area contributed by atoms with Crippen LogP contribution in [0.1, 0.15) is 116 Å². The highest BCUT2D eigenvalue weighted by Gasteiger charge is 2.53. The van der Waals surface area contributed by atoms with E-state index in [2.05, 4.69) is 99.0 Å². The third-order valence-electron chi connectivity index (χ3n) is 12.9. The molecule has 7 rings (SSSR count). The van der Waals surface area contributed by atoms with Gasteiger partial charge in [0.1, 0.15) is 5.75 Å². The lowest BCUT2D eigenvalue weighted by Gasteiger charge is -2.60. The van der Waals surface area contributed by atoms with Crippen LogP contribution in [0.5, 0.6) is 5.75 Å². The molecule has 3 unspecified atom stereocenters. The highest BCUT2D eigenvalue weighted by atomic mass is 31.1. The summed E-state index contributed by atoms with van der Waals surface area (Å²) in [6.07, 6.45) is 17.8. The van der Waals surface area contributed by atoms with E-state index in [4.69, 9.17) is 15.2 Å². The average Bonchev–Trinajstić information content (AvgIpc) is 3.40. The molecule has 5 aliphatic rings. The molecular weight excluding hydrogens is 752 g/mol. The monoisotopic (exact) mass is 816 g/mol. The van der Waals surface area contributed by atoms with E-state index in [0.717, 1.165) is 59.5 Å². The first-order chi connectivity index (χ1) is 28.4. The third kappa shape index (κ3) is 9.62. The lowest BCUT2D eigenvalue weighted by molar-refractivity contribution is -0.190. The van der Waals surface area contributed by atoms with Gasteiger partial charge in [0.2, 0.25) is 0 Å². The van der Waals surface area contributed by atoms with Crippen LogP contribution in [0.4, 0.5) is 0 Å². The van der Waals surface area contributed by atoms with Crippen LogP contribution < -0.4 is 10.5 Å². The summed E-state index contributed by atoms with van der Waals surface area (Å²) in [4.78, 5) is 33.0. The van der Waals surface area contributed by atoms with Crippen molar-refractivity contribution >= 4 is 31.5 Å². The van der Waals surface area contributed by atoms with Crippen LogP contribution in [0.25, 0.3) is 11.1 Å². The van der Waals surface area contributed by atoms with E-state index in [1.165, 1.54) is 64.2 Å². The Labute approximate surface area is 354 Å². The molecular formula is C50H65N4O4P. The average molecular weight is 817 g/mol. The second-order valence-corrected chi connectivity index (χ2v) is 18.9. The number of hydrogen-bond acceptors (Lipinski definition) is 7. The van der Waals surface area contributed by atoms with Crippen LogP contribution in [0.3, 0.4) is 0 Å². The predicted molar refractivity (Wildman–Crippen MR) is 244 cm³/mol. The standard InChI is InChI=1S/C50H65N4O4P/c1-8-13-34(5)42(9-2)43-18-15-37(24-35(43)6)38-16-21-47(59-30-38)53-28-41(29-53)58-40-26-50(27-40)31-52(32-50)22-11-10-12-23-57-39-17-19-44-45(25-39)49(56)54(48(44)55)46(33(3)4)20-14-36(7)51/h9,13,15-19,21,24-25,30,40-41,46-47,59H,3,7-8,10-12,14,20,22-23,26-29,31-32,51H2,1-2,4-6H3/b34-13-,42-9+. The highest BCUT2D eigenvalue weighted by Crippen LogP contribution is 2.50. The van der Waals surface area contributed by atoms with Gasteiger partial charge in [0.05, 0.1) is 36.0 Å². The molecule has 0 bridgehead atoms. The van der Waals surface area contributed by atoms with Gasteiger partial charge in [-0.2, -0.15) is 0 Å². The second kappa shape index (κ2) is 18.7. The largest absolute Gasteiger partial charge is 0.494 e. The highest BCUT2D eigenvalue weighted by molar-refractivity contribution is 7.43. The van der Waals surface area contributed by atoms with Crippen LogP contribution in [-0.2, 0) is 4.74 Å². The number of aryl methyl sites for hydroxylation is 1. The van der Waals surface area contributed by atoms with E-state index in [-0.39, 0.29) is 11.8 Å². The quantitative estimate of drug-likeness (QED) is 0.0497. The van der Waals surface area contributed by atoms with Gasteiger partial charge in [-0.3, -0.25) is 19.4 Å². The molecule has 2 amide bonds. The summed E-state index contributed by atoms with van der Waals surface area (Å²) in [7, 11) is 0.767. The summed E-state index contributed by atoms with van der Waals surface area (Å²) >= 11 is 0. The fraction of sp³-hybridized carbons (Fsp3) is 0.480. The van der Waals surface area contributed by atoms with Gasteiger partial charge >= 0.3 is 0 Å². The molecule has 9 heteroatoms. The number of carbonyl (C=O) groups excluding carboxylic acids is 2. The molecule has 1 saturated carbocycles. The first kappa shape index (κ1) is 43.0. The number of likely N-dealkylation sites (tertiary alicyclic amines) is 2. The van der Waals surface area contributed by atoms with Crippen molar-refractivity contribution in [2.75, 3.05) is 39.3 Å². The normalized spacial score (nSPS) is 21.9. The molecule has 4 heterocycles. The Morgan fingerprint density at radius 3 is 2.44 bits per heavy atom. The van der Waals surface area contributed by atoms with E-state index in [1.54, 1.807) is 18.2 Å². The number of nitrogens with two attached hydrogens (primary N) is 1. The molecule has 8 nitrogen and oxygen atoms in total. The summed E-state index contributed by atoms with van der Waals surface area (Å²) in [5.74, 6) is 2.96. The minimum absolute atomic E-state index is 0.294. The number of imide groups is 1. The molecule has 0 radical (unpaired) electrons. The first-order valence-corrected chi connectivity index (χ1v) is 23.0. The Kier molecular flexibility index (Phi) is 13.6. The number of carbonyl (C=O) groups is 2. The smallest absolute Gasteiger partial charge is 0.262 e. The maximum atomic E-state index is 13.3. The van der Waals surface area contributed by atoms with Crippen molar-refractivity contribution in [2.45, 2.75) is 110 Å². The zero-order valence-electron chi connectivity index (χ0n) is 36.0. The number of benzene rings is 2. The number of hydrogen-bond donors (Lipinski definition) is 1. The summed E-state index contributed by atoms with van der Waals surface area (Å²) in [5, 5.41) is 0. The van der Waals surface area contributed by atoms with E-state index in [0.29, 0.717) is 65.4 Å². The molecule has 2 aromatic rings. The zero-order chi connectivity index (χ0) is 41.8. The van der Waals surface area contributed by atoms with Gasteiger partial charge in [0.25, 0.3) is 11.8 Å². The Morgan fingerprint density at radius 1 is 1.02 bits per heavy atom. The Bertz CT molecular complexity index is 2060. The van der Waals surface area contributed by atoms with Gasteiger partial charge < -0.3 is 20.1 Å². The lowest BCUT2D eigenvalue weighted by atomic mass is 9.61. The number of unbranched alkanes of at least 4 members (excludes halogenated alkanes) is 2. The molecule has 4 aliphatic heterocycles. The van der Waals surface area contributed by atoms with Crippen molar-refractivity contribution < 1.29 is 19.1 Å². The van der Waals surface area contributed by atoms with Crippen LogP contribution >= 0.6 is 8.58 Å². The molecule has 1 spiro atoms. The minimum atomic E-state index is -0.417. The van der Waals surface area contributed by atoms with Crippen molar-refractivity contribution in [3.05, 3.63) is 124 Å². The Balaban J connectivity index is 0.747. The van der Waals surface area contributed by atoms with Crippen molar-refractivity contribution in [1.29, 1.82) is 0 Å². The van der Waals surface area contributed by atoms with Crippen LogP contribution in [0, 0.1) is 12.3 Å². The first-order valence-electron chi connectivity index (χ1n) is 21.8. The van der Waals surface area contributed by atoms with E-state index in [9.17, 15) is 9.59 Å². The van der Waals surface area contributed by atoms with Crippen molar-refractivity contribution in [3.63, 3.8) is 0 Å². The van der Waals surface area contributed by atoms with Gasteiger partial charge in [0, 0.05) is 43.1 Å². The van der Waals surface area contributed by atoms with Crippen molar-refractivity contribution in [3.8, 4) is 5.75 Å². The van der Waals surface area contributed by atoms with E-state index in [1.807, 2.05) is 6.92 Å². The number of allylic oxidation sites excluding steroid dienone is 7. The molecule has 3 atom stereocenters. The number of nitrogens with zero attached hydrogens (tertiary/aromatic N) is 3. The predicted octanol–water partition coefficient (Wildman–Crippen LogP) is 9.88. The third-order valence-corrected chi connectivity index (χ3v) is 14.3. The topological polar surface area (TPSA) is 88.3 Å². The van der Waals surface area contributed by atoms with Crippen molar-refractivity contribution in [1.82, 2.24) is 14.7 Å². The molecule has 1 aliphatic carbocycles. The van der Waals surface area contributed by atoms with Gasteiger partial charge in [-0.1, -0.05) is 82.6 Å². The van der Waals surface area contributed by atoms with Gasteiger partial charge in [0.15, 0.2) is 0 Å². The Hall–Kier alpha value is -4.07. The van der Waals surface area contributed by atoms with E-state index < -0.39 is 6.04 Å². The van der Waals surface area contributed by atoms with Crippen LogP contribution in [0.2, 0.25) is 0 Å². The maximum absolute atomic E-state index is 13.3. The second-order valence-electron chi connectivity index (χ2n) is 17.7. The summed E-state index contributed by atoms with van der Waals surface area (Å²) < 4.78 is 12.6. The molecule has 59 heavy (non-hydrogen) atoms. The molecule has 3 fully saturated rings. The number of rotatable bonds is 19. The summed E-state index contributed by atoms with van der Waals surface area (Å²) in [5.41, 5.74) is 16.3. The SMILES string of the molecule is C=C(N)CCC(C(=C)C)N1C(=O)c2ccc(OCCCCCN3CC4(CC(OC5CN(C6C=CC(c7ccc(C(=C/C)/C(C)=C\CC)c(C)c7)=CP6)C5)C4)C3)cc2C1=O. The lowest BCUT2D eigenvalue weighted by Crippen LogP contribution is -2.65. The van der Waals surface area contributed by atoms with E-state index >= 15 is 0 Å². The molecule has 2 N–H and O–H groups in total. The summed E-state index contributed by atoms with van der Waals surface area (Å²) in [6.45, 7) is 24.6. The number of ether oxygens (including phenoxy) is 2. The van der Waals surface area contributed by atoms with Crippen LogP contribution in [0.15, 0.2) is 96.5 Å². The van der Waals surface area contributed by atoms with Crippen molar-refractivity contribution in [2.24, 2.45) is 11.1 Å². The molecule has 2 saturated heterocycles. The Morgan fingerprint density at radius 2 is 1.78 bits per heavy atom. The fourth-order valence-electron chi connectivity index (χ4n) is 9.75. The zero-order valence-corrected chi connectivity index (χ0v) is 37.0. The summed E-state index contributed by atoms with van der Waals surface area (Å²) in [6, 6.07) is 11.7.